The maximum atomic E-state index is 13.8. The number of benzene rings is 2. The molecule has 2 aromatic heterocycles. The summed E-state index contributed by atoms with van der Waals surface area (Å²) < 4.78 is 52.3. The number of halogens is 3. The van der Waals surface area contributed by atoms with Crippen molar-refractivity contribution in [2.45, 2.75) is 13.1 Å². The number of anilines is 1. The molecule has 33 heavy (non-hydrogen) atoms. The standard InChI is InChI=1S/C23H19F3N4O3/c1-13-4-6-14(7-5-13)17-11-20(23(24,25)26)30-21(29-17)16(12-27-30)22(31)28-15-8-9-18(32-2)19(10-15)33-3/h4-12H,1-3H3,(H,28,31). The van der Waals surface area contributed by atoms with Crippen molar-refractivity contribution in [1.29, 1.82) is 0 Å². The third-order valence-corrected chi connectivity index (χ3v) is 5.00. The van der Waals surface area contributed by atoms with Crippen molar-refractivity contribution in [2.24, 2.45) is 0 Å². The summed E-state index contributed by atoms with van der Waals surface area (Å²) in [4.78, 5) is 17.3. The van der Waals surface area contributed by atoms with Crippen LogP contribution in [0.2, 0.25) is 0 Å². The molecule has 2 heterocycles. The number of carbonyl (C=O) groups is 1. The van der Waals surface area contributed by atoms with Gasteiger partial charge in [-0.1, -0.05) is 29.8 Å². The summed E-state index contributed by atoms with van der Waals surface area (Å²) in [7, 11) is 2.93. The van der Waals surface area contributed by atoms with E-state index in [0.717, 1.165) is 17.8 Å². The summed E-state index contributed by atoms with van der Waals surface area (Å²) >= 11 is 0. The van der Waals surface area contributed by atoms with Gasteiger partial charge in [0.1, 0.15) is 5.56 Å². The van der Waals surface area contributed by atoms with Crippen LogP contribution in [0.4, 0.5) is 18.9 Å². The smallest absolute Gasteiger partial charge is 0.433 e. The predicted octanol–water partition coefficient (Wildman–Crippen LogP) is 4.99. The highest BCUT2D eigenvalue weighted by molar-refractivity contribution is 6.08. The van der Waals surface area contributed by atoms with E-state index < -0.39 is 17.8 Å². The number of hydrogen-bond donors (Lipinski definition) is 1. The number of methoxy groups -OCH3 is 2. The zero-order chi connectivity index (χ0) is 23.8. The van der Waals surface area contributed by atoms with Crippen LogP contribution in [0.1, 0.15) is 21.6 Å². The molecule has 10 heteroatoms. The van der Waals surface area contributed by atoms with Crippen molar-refractivity contribution in [3.05, 3.63) is 71.5 Å². The van der Waals surface area contributed by atoms with Gasteiger partial charge in [0.25, 0.3) is 5.91 Å². The van der Waals surface area contributed by atoms with Gasteiger partial charge in [-0.15, -0.1) is 0 Å². The summed E-state index contributed by atoms with van der Waals surface area (Å²) in [5.41, 5.74) is 0.533. The van der Waals surface area contributed by atoms with Gasteiger partial charge in [0.2, 0.25) is 0 Å². The third-order valence-electron chi connectivity index (χ3n) is 5.00. The number of hydrogen-bond acceptors (Lipinski definition) is 5. The number of rotatable bonds is 5. The Balaban J connectivity index is 1.79. The van der Waals surface area contributed by atoms with Gasteiger partial charge in [0.05, 0.1) is 26.1 Å². The molecule has 4 aromatic rings. The largest absolute Gasteiger partial charge is 0.493 e. The molecule has 1 N–H and O–H groups in total. The van der Waals surface area contributed by atoms with Crippen LogP contribution in [-0.4, -0.2) is 34.7 Å². The number of aryl methyl sites for hydroxylation is 1. The Morgan fingerprint density at radius 1 is 1.00 bits per heavy atom. The van der Waals surface area contributed by atoms with E-state index in [4.69, 9.17) is 9.47 Å². The van der Waals surface area contributed by atoms with Crippen molar-refractivity contribution < 1.29 is 27.4 Å². The number of nitrogens with one attached hydrogen (secondary N) is 1. The highest BCUT2D eigenvalue weighted by Crippen LogP contribution is 2.33. The van der Waals surface area contributed by atoms with Crippen molar-refractivity contribution in [2.75, 3.05) is 19.5 Å². The van der Waals surface area contributed by atoms with Crippen molar-refractivity contribution in [3.63, 3.8) is 0 Å². The molecule has 0 aliphatic rings. The third kappa shape index (κ3) is 4.32. The molecule has 0 unspecified atom stereocenters. The first-order chi connectivity index (χ1) is 15.7. The first-order valence-electron chi connectivity index (χ1n) is 9.77. The minimum Gasteiger partial charge on any atom is -0.493 e. The number of ether oxygens (including phenoxy) is 2. The fourth-order valence-electron chi connectivity index (χ4n) is 3.31. The molecular weight excluding hydrogens is 437 g/mol. The molecule has 0 aliphatic carbocycles. The molecule has 4 rings (SSSR count). The van der Waals surface area contributed by atoms with Gasteiger partial charge < -0.3 is 14.8 Å². The topological polar surface area (TPSA) is 77.8 Å². The molecule has 0 radical (unpaired) electrons. The molecule has 7 nitrogen and oxygen atoms in total. The van der Waals surface area contributed by atoms with Crippen LogP contribution >= 0.6 is 0 Å². The molecular formula is C23H19F3N4O3. The van der Waals surface area contributed by atoms with Gasteiger partial charge in [-0.3, -0.25) is 4.79 Å². The quantitative estimate of drug-likeness (QED) is 0.458. The minimum atomic E-state index is -4.70. The van der Waals surface area contributed by atoms with Crippen LogP contribution < -0.4 is 14.8 Å². The molecule has 1 amide bonds. The lowest BCUT2D eigenvalue weighted by Crippen LogP contribution is -2.16. The first kappa shape index (κ1) is 22.1. The van der Waals surface area contributed by atoms with Crippen LogP contribution in [0, 0.1) is 6.92 Å². The minimum absolute atomic E-state index is 0.0792. The molecule has 0 saturated carbocycles. The zero-order valence-electron chi connectivity index (χ0n) is 17.9. The highest BCUT2D eigenvalue weighted by Gasteiger charge is 2.36. The second-order valence-corrected chi connectivity index (χ2v) is 7.21. The summed E-state index contributed by atoms with van der Waals surface area (Å²) in [6, 6.07) is 12.5. The number of amides is 1. The Hall–Kier alpha value is -4.08. The average Bonchev–Trinajstić information content (AvgIpc) is 3.22. The number of nitrogens with zero attached hydrogens (tertiary/aromatic N) is 3. The van der Waals surface area contributed by atoms with Gasteiger partial charge in [0, 0.05) is 17.3 Å². The van der Waals surface area contributed by atoms with E-state index in [1.807, 2.05) is 6.92 Å². The van der Waals surface area contributed by atoms with Crippen molar-refractivity contribution >= 4 is 17.2 Å². The Labute approximate surface area is 186 Å². The lowest BCUT2D eigenvalue weighted by atomic mass is 10.1. The second kappa shape index (κ2) is 8.45. The van der Waals surface area contributed by atoms with E-state index in [1.54, 1.807) is 36.4 Å². The maximum absolute atomic E-state index is 13.8. The molecule has 170 valence electrons. The van der Waals surface area contributed by atoms with E-state index >= 15 is 0 Å². The van der Waals surface area contributed by atoms with Crippen LogP contribution in [0.3, 0.4) is 0 Å². The zero-order valence-corrected chi connectivity index (χ0v) is 17.9. The van der Waals surface area contributed by atoms with Crippen molar-refractivity contribution in [1.82, 2.24) is 14.6 Å². The Morgan fingerprint density at radius 2 is 1.70 bits per heavy atom. The number of carbonyl (C=O) groups excluding carboxylic acids is 1. The lowest BCUT2D eigenvalue weighted by molar-refractivity contribution is -0.142. The molecule has 0 aliphatic heterocycles. The molecule has 0 fully saturated rings. The summed E-state index contributed by atoms with van der Waals surface area (Å²) in [6.45, 7) is 1.87. The van der Waals surface area contributed by atoms with Crippen molar-refractivity contribution in [3.8, 4) is 22.8 Å². The van der Waals surface area contributed by atoms with Gasteiger partial charge >= 0.3 is 6.18 Å². The molecule has 2 aromatic carbocycles. The van der Waals surface area contributed by atoms with Gasteiger partial charge in [0.15, 0.2) is 22.8 Å². The monoisotopic (exact) mass is 456 g/mol. The van der Waals surface area contributed by atoms with E-state index in [9.17, 15) is 18.0 Å². The lowest BCUT2D eigenvalue weighted by Gasteiger charge is -2.12. The highest BCUT2D eigenvalue weighted by atomic mass is 19.4. The van der Waals surface area contributed by atoms with Crippen LogP contribution in [0.5, 0.6) is 11.5 Å². The molecule has 0 spiro atoms. The first-order valence-corrected chi connectivity index (χ1v) is 9.77. The summed E-state index contributed by atoms with van der Waals surface area (Å²) in [6.07, 6.45) is -3.64. The van der Waals surface area contributed by atoms with E-state index in [1.165, 1.54) is 20.3 Å². The Morgan fingerprint density at radius 3 is 2.33 bits per heavy atom. The van der Waals surface area contributed by atoms with Gasteiger partial charge in [-0.25, -0.2) is 9.50 Å². The fraction of sp³-hybridized carbons (Fsp3) is 0.174. The summed E-state index contributed by atoms with van der Waals surface area (Å²) in [5.74, 6) is 0.180. The number of fused-ring (bicyclic) bond motifs is 1. The van der Waals surface area contributed by atoms with E-state index in [2.05, 4.69) is 15.4 Å². The number of alkyl halides is 3. The fourth-order valence-corrected chi connectivity index (χ4v) is 3.31. The van der Waals surface area contributed by atoms with Gasteiger partial charge in [-0.2, -0.15) is 18.3 Å². The Bertz CT molecular complexity index is 1330. The van der Waals surface area contributed by atoms with E-state index in [-0.39, 0.29) is 16.9 Å². The van der Waals surface area contributed by atoms with Crippen LogP contribution in [-0.2, 0) is 6.18 Å². The summed E-state index contributed by atoms with van der Waals surface area (Å²) in [5, 5.41) is 6.42. The maximum Gasteiger partial charge on any atom is 0.433 e. The molecule has 0 bridgehead atoms. The van der Waals surface area contributed by atoms with Gasteiger partial charge in [-0.05, 0) is 25.1 Å². The number of aromatic nitrogens is 3. The second-order valence-electron chi connectivity index (χ2n) is 7.21. The van der Waals surface area contributed by atoms with Crippen LogP contribution in [0.15, 0.2) is 54.7 Å². The molecule has 0 atom stereocenters. The van der Waals surface area contributed by atoms with E-state index in [0.29, 0.717) is 27.3 Å². The SMILES string of the molecule is COc1ccc(NC(=O)c2cnn3c(C(F)(F)F)cc(-c4ccc(C)cc4)nc23)cc1OC. The Kier molecular flexibility index (Phi) is 5.67. The average molecular weight is 456 g/mol. The van der Waals surface area contributed by atoms with Crippen LogP contribution in [0.25, 0.3) is 16.9 Å². The molecule has 0 saturated heterocycles. The predicted molar refractivity (Wildman–Crippen MR) is 116 cm³/mol. The normalized spacial score (nSPS) is 11.5.